The molecule has 1 rings (SSSR count). The molecule has 8 heteroatoms. The molecule has 0 aliphatic rings. The largest absolute Gasteiger partial charge is 0.481 e. The van der Waals surface area contributed by atoms with Gasteiger partial charge in [-0.3, -0.25) is 9.59 Å². The molecule has 24 heavy (non-hydrogen) atoms. The number of ether oxygens (including phenoxy) is 1. The van der Waals surface area contributed by atoms with Gasteiger partial charge in [0.15, 0.2) is 0 Å². The van der Waals surface area contributed by atoms with Gasteiger partial charge in [0.2, 0.25) is 5.91 Å². The van der Waals surface area contributed by atoms with Gasteiger partial charge in [0.05, 0.1) is 12.5 Å². The Morgan fingerprint density at radius 2 is 1.96 bits per heavy atom. The van der Waals surface area contributed by atoms with E-state index in [1.54, 1.807) is 39.1 Å². The van der Waals surface area contributed by atoms with Crippen molar-refractivity contribution in [3.8, 4) is 0 Å². The minimum Gasteiger partial charge on any atom is -0.481 e. The Hall–Kier alpha value is -2.09. The van der Waals surface area contributed by atoms with Crippen LogP contribution in [0.2, 0.25) is 0 Å². The van der Waals surface area contributed by atoms with Gasteiger partial charge in [0.1, 0.15) is 11.6 Å². The van der Waals surface area contributed by atoms with Gasteiger partial charge in [-0.15, -0.1) is 0 Å². The van der Waals surface area contributed by atoms with E-state index in [1.807, 2.05) is 5.38 Å². The van der Waals surface area contributed by atoms with Crippen LogP contribution in [0.4, 0.5) is 4.79 Å². The zero-order chi connectivity index (χ0) is 18.3. The van der Waals surface area contributed by atoms with E-state index in [0.717, 1.165) is 5.56 Å². The number of carbonyl (C=O) groups is 3. The number of nitrogens with one attached hydrogen (secondary N) is 2. The van der Waals surface area contributed by atoms with Gasteiger partial charge in [0.25, 0.3) is 0 Å². The van der Waals surface area contributed by atoms with Crippen LogP contribution in [0, 0.1) is 0 Å². The maximum absolute atomic E-state index is 12.4. The molecule has 0 saturated heterocycles. The van der Waals surface area contributed by atoms with E-state index in [-0.39, 0.29) is 6.42 Å². The minimum atomic E-state index is -1.01. The Balaban J connectivity index is 2.73. The molecule has 1 aromatic heterocycles. The van der Waals surface area contributed by atoms with Crippen molar-refractivity contribution < 1.29 is 24.2 Å². The second-order valence-corrected chi connectivity index (χ2v) is 7.10. The number of aliphatic carboxylic acids is 1. The molecule has 0 fully saturated rings. The molecule has 1 heterocycles. The third-order valence-electron chi connectivity index (χ3n) is 3.06. The van der Waals surface area contributed by atoms with E-state index in [1.165, 1.54) is 11.3 Å². The van der Waals surface area contributed by atoms with E-state index in [4.69, 9.17) is 9.84 Å². The number of thiophene rings is 1. The summed E-state index contributed by atoms with van der Waals surface area (Å²) in [4.78, 5) is 35.2. The lowest BCUT2D eigenvalue weighted by molar-refractivity contribution is -0.137. The Bertz CT molecular complexity index is 566. The average Bonchev–Trinajstić information content (AvgIpc) is 2.95. The maximum atomic E-state index is 12.4. The smallest absolute Gasteiger partial charge is 0.408 e. The van der Waals surface area contributed by atoms with Crippen molar-refractivity contribution in [1.82, 2.24) is 10.6 Å². The van der Waals surface area contributed by atoms with Crippen molar-refractivity contribution in [3.63, 3.8) is 0 Å². The summed E-state index contributed by atoms with van der Waals surface area (Å²) in [6.07, 6.45) is -0.561. The van der Waals surface area contributed by atoms with E-state index in [9.17, 15) is 14.4 Å². The van der Waals surface area contributed by atoms with Crippen LogP contribution in [0.1, 0.15) is 52.1 Å². The summed E-state index contributed by atoms with van der Waals surface area (Å²) >= 11 is 1.42. The van der Waals surface area contributed by atoms with Crippen LogP contribution in [0.3, 0.4) is 0 Å². The van der Waals surface area contributed by atoms with Gasteiger partial charge in [-0.2, -0.15) is 11.3 Å². The Kier molecular flexibility index (Phi) is 7.21. The van der Waals surface area contributed by atoms with Crippen LogP contribution in [-0.2, 0) is 14.3 Å². The second kappa shape index (κ2) is 8.68. The molecule has 0 aromatic carbocycles. The average molecular weight is 356 g/mol. The van der Waals surface area contributed by atoms with Crippen molar-refractivity contribution in [2.75, 3.05) is 0 Å². The molecule has 0 spiro atoms. The van der Waals surface area contributed by atoms with E-state index < -0.39 is 35.7 Å². The van der Waals surface area contributed by atoms with Crippen LogP contribution in [0.15, 0.2) is 16.8 Å². The SMILES string of the molecule is CCC(NC(=O)OC(C)(C)C)C(=O)NC(CC(=O)O)c1ccsc1. The van der Waals surface area contributed by atoms with Crippen LogP contribution < -0.4 is 10.6 Å². The first-order valence-corrected chi connectivity index (χ1v) is 8.60. The maximum Gasteiger partial charge on any atom is 0.408 e. The molecule has 2 atom stereocenters. The molecule has 0 bridgehead atoms. The van der Waals surface area contributed by atoms with Gasteiger partial charge >= 0.3 is 12.1 Å². The number of amides is 2. The Labute approximate surface area is 145 Å². The number of hydrogen-bond donors (Lipinski definition) is 3. The Morgan fingerprint density at radius 1 is 1.29 bits per heavy atom. The zero-order valence-electron chi connectivity index (χ0n) is 14.3. The molecule has 1 aromatic rings. The number of rotatable bonds is 7. The van der Waals surface area contributed by atoms with E-state index >= 15 is 0 Å². The zero-order valence-corrected chi connectivity index (χ0v) is 15.1. The van der Waals surface area contributed by atoms with Crippen molar-refractivity contribution in [3.05, 3.63) is 22.4 Å². The van der Waals surface area contributed by atoms with E-state index in [0.29, 0.717) is 6.42 Å². The topological polar surface area (TPSA) is 105 Å². The number of carboxylic acids is 1. The first kappa shape index (κ1) is 20.0. The molecular weight excluding hydrogens is 332 g/mol. The lowest BCUT2D eigenvalue weighted by Gasteiger charge is -2.24. The number of hydrogen-bond acceptors (Lipinski definition) is 5. The van der Waals surface area contributed by atoms with Crippen molar-refractivity contribution >= 4 is 29.3 Å². The predicted molar refractivity (Wildman–Crippen MR) is 90.9 cm³/mol. The molecule has 2 amide bonds. The van der Waals surface area contributed by atoms with Crippen LogP contribution in [0.25, 0.3) is 0 Å². The van der Waals surface area contributed by atoms with Crippen molar-refractivity contribution in [2.45, 2.75) is 58.2 Å². The summed E-state index contributed by atoms with van der Waals surface area (Å²) in [5.74, 6) is -1.46. The summed E-state index contributed by atoms with van der Waals surface area (Å²) in [6, 6.07) is 0.325. The lowest BCUT2D eigenvalue weighted by atomic mass is 10.1. The monoisotopic (exact) mass is 356 g/mol. The molecular formula is C16H24N2O5S. The summed E-state index contributed by atoms with van der Waals surface area (Å²) in [5, 5.41) is 17.8. The van der Waals surface area contributed by atoms with Crippen LogP contribution >= 0.6 is 11.3 Å². The van der Waals surface area contributed by atoms with Crippen molar-refractivity contribution in [2.24, 2.45) is 0 Å². The minimum absolute atomic E-state index is 0.231. The van der Waals surface area contributed by atoms with Crippen LogP contribution in [0.5, 0.6) is 0 Å². The quantitative estimate of drug-likeness (QED) is 0.697. The summed E-state index contributed by atoms with van der Waals surface area (Å²) in [7, 11) is 0. The normalized spacial score (nSPS) is 13.7. The highest BCUT2D eigenvalue weighted by atomic mass is 32.1. The fraction of sp³-hybridized carbons (Fsp3) is 0.562. The highest BCUT2D eigenvalue weighted by Gasteiger charge is 2.26. The van der Waals surface area contributed by atoms with Gasteiger partial charge in [-0.1, -0.05) is 6.92 Å². The molecule has 134 valence electrons. The molecule has 0 radical (unpaired) electrons. The molecule has 3 N–H and O–H groups in total. The fourth-order valence-corrected chi connectivity index (χ4v) is 2.69. The van der Waals surface area contributed by atoms with Crippen molar-refractivity contribution in [1.29, 1.82) is 0 Å². The van der Waals surface area contributed by atoms with Gasteiger partial charge < -0.3 is 20.5 Å². The third kappa shape index (κ3) is 6.99. The molecule has 0 aliphatic heterocycles. The number of carboxylic acid groups (broad SMARTS) is 1. The molecule has 7 nitrogen and oxygen atoms in total. The highest BCUT2D eigenvalue weighted by Crippen LogP contribution is 2.20. The highest BCUT2D eigenvalue weighted by molar-refractivity contribution is 7.08. The standard InChI is InChI=1S/C16H24N2O5S/c1-5-11(18-15(22)23-16(2,3)4)14(21)17-12(8-13(19)20)10-6-7-24-9-10/h6-7,9,11-12H,5,8H2,1-4H3,(H,17,21)(H,18,22)(H,19,20). The molecule has 0 saturated carbocycles. The van der Waals surface area contributed by atoms with Gasteiger partial charge in [-0.05, 0) is 49.6 Å². The molecule has 0 aliphatic carbocycles. The van der Waals surface area contributed by atoms with Crippen LogP contribution in [-0.4, -0.2) is 34.7 Å². The third-order valence-corrected chi connectivity index (χ3v) is 3.76. The Morgan fingerprint density at radius 3 is 2.42 bits per heavy atom. The number of alkyl carbamates (subject to hydrolysis) is 1. The van der Waals surface area contributed by atoms with E-state index in [2.05, 4.69) is 10.6 Å². The first-order valence-electron chi connectivity index (χ1n) is 7.66. The fourth-order valence-electron chi connectivity index (χ4n) is 1.98. The summed E-state index contributed by atoms with van der Waals surface area (Å²) in [6.45, 7) is 6.94. The van der Waals surface area contributed by atoms with Gasteiger partial charge in [0, 0.05) is 0 Å². The summed E-state index contributed by atoms with van der Waals surface area (Å²) < 4.78 is 5.14. The molecule has 2 unspecified atom stereocenters. The second-order valence-electron chi connectivity index (χ2n) is 6.32. The predicted octanol–water partition coefficient (Wildman–Crippen LogP) is 2.68. The van der Waals surface area contributed by atoms with Gasteiger partial charge in [-0.25, -0.2) is 4.79 Å². The number of carbonyl (C=O) groups excluding carboxylic acids is 2. The lowest BCUT2D eigenvalue weighted by Crippen LogP contribution is -2.48. The summed E-state index contributed by atoms with van der Waals surface area (Å²) in [5.41, 5.74) is 0.0596. The first-order chi connectivity index (χ1) is 11.1.